The zero-order valence-corrected chi connectivity index (χ0v) is 12.2. The molecule has 0 bridgehead atoms. The number of carbonyl (C=O) groups excluding carboxylic acids is 1. The number of carbonyl (C=O) groups is 1. The summed E-state index contributed by atoms with van der Waals surface area (Å²) in [5, 5.41) is 2.95. The Kier molecular flexibility index (Phi) is 4.86. The molecule has 1 aromatic heterocycles. The summed E-state index contributed by atoms with van der Waals surface area (Å²) in [5.41, 5.74) is 2.08. The van der Waals surface area contributed by atoms with Gasteiger partial charge in [-0.05, 0) is 6.42 Å². The van der Waals surface area contributed by atoms with E-state index in [0.29, 0.717) is 12.2 Å². The van der Waals surface area contributed by atoms with Gasteiger partial charge in [-0.3, -0.25) is 4.79 Å². The maximum atomic E-state index is 12.0. The molecular weight excluding hydrogens is 254 g/mol. The van der Waals surface area contributed by atoms with Gasteiger partial charge < -0.3 is 0 Å². The third-order valence-electron chi connectivity index (χ3n) is 3.22. The van der Waals surface area contributed by atoms with Crippen LogP contribution in [0.2, 0.25) is 0 Å². The van der Waals surface area contributed by atoms with Crippen LogP contribution in [-0.4, -0.2) is 10.8 Å². The molecule has 2 aromatic rings. The third-order valence-corrected chi connectivity index (χ3v) is 4.07. The molecule has 1 unspecified atom stereocenters. The van der Waals surface area contributed by atoms with Crippen LogP contribution in [0.15, 0.2) is 35.7 Å². The highest BCUT2D eigenvalue weighted by Gasteiger charge is 2.14. The quantitative estimate of drug-likeness (QED) is 0.782. The van der Waals surface area contributed by atoms with Gasteiger partial charge in [-0.2, -0.15) is 0 Å². The first-order valence-corrected chi connectivity index (χ1v) is 7.61. The lowest BCUT2D eigenvalue weighted by Gasteiger charge is -2.06. The largest absolute Gasteiger partial charge is 0.299 e. The van der Waals surface area contributed by atoms with Crippen molar-refractivity contribution in [1.29, 1.82) is 0 Å². The van der Waals surface area contributed by atoms with Gasteiger partial charge in [-0.1, -0.05) is 50.6 Å². The molecule has 0 saturated heterocycles. The number of thiazole rings is 1. The first-order chi connectivity index (χ1) is 9.20. The van der Waals surface area contributed by atoms with Crippen LogP contribution in [0, 0.1) is 5.92 Å². The minimum absolute atomic E-state index is 0.147. The van der Waals surface area contributed by atoms with E-state index in [-0.39, 0.29) is 5.92 Å². The molecule has 0 aliphatic heterocycles. The lowest BCUT2D eigenvalue weighted by atomic mass is 9.99. The van der Waals surface area contributed by atoms with Crippen molar-refractivity contribution >= 4 is 17.1 Å². The molecule has 0 spiro atoms. The molecule has 0 fully saturated rings. The zero-order chi connectivity index (χ0) is 13.7. The topological polar surface area (TPSA) is 30.0 Å². The number of Topliss-reactive ketones (excluding diaryl/α,β-unsaturated/α-hetero) is 1. The zero-order valence-electron chi connectivity index (χ0n) is 11.4. The lowest BCUT2D eigenvalue weighted by molar-refractivity contribution is -0.121. The van der Waals surface area contributed by atoms with Gasteiger partial charge in [0, 0.05) is 16.9 Å². The minimum Gasteiger partial charge on any atom is -0.299 e. The molecule has 0 amide bonds. The number of ketones is 1. The van der Waals surface area contributed by atoms with E-state index in [0.717, 1.165) is 29.1 Å². The van der Waals surface area contributed by atoms with Gasteiger partial charge in [0.05, 0.1) is 12.1 Å². The third kappa shape index (κ3) is 3.74. The van der Waals surface area contributed by atoms with E-state index in [4.69, 9.17) is 0 Å². The molecule has 1 heterocycles. The second-order valence-electron chi connectivity index (χ2n) is 4.83. The van der Waals surface area contributed by atoms with E-state index in [9.17, 15) is 4.79 Å². The van der Waals surface area contributed by atoms with Crippen molar-refractivity contribution in [2.75, 3.05) is 0 Å². The highest BCUT2D eigenvalue weighted by atomic mass is 32.1. The van der Waals surface area contributed by atoms with Crippen LogP contribution in [-0.2, 0) is 11.2 Å². The van der Waals surface area contributed by atoms with E-state index in [1.54, 1.807) is 11.3 Å². The highest BCUT2D eigenvalue weighted by molar-refractivity contribution is 7.10. The maximum absolute atomic E-state index is 12.0. The van der Waals surface area contributed by atoms with Crippen LogP contribution in [0.4, 0.5) is 0 Å². The molecule has 0 aliphatic rings. The van der Waals surface area contributed by atoms with Gasteiger partial charge >= 0.3 is 0 Å². The molecule has 1 aromatic carbocycles. The Bertz CT molecular complexity index is 533. The Balaban J connectivity index is 2.04. The van der Waals surface area contributed by atoms with Gasteiger partial charge in [0.2, 0.25) is 0 Å². The first kappa shape index (κ1) is 13.9. The molecule has 0 N–H and O–H groups in total. The molecule has 100 valence electrons. The summed E-state index contributed by atoms with van der Waals surface area (Å²) in [4.78, 5) is 16.6. The fourth-order valence-electron chi connectivity index (χ4n) is 2.05. The molecule has 0 aliphatic carbocycles. The van der Waals surface area contributed by atoms with Gasteiger partial charge in [-0.15, -0.1) is 11.3 Å². The summed E-state index contributed by atoms with van der Waals surface area (Å²) in [6.07, 6.45) is 2.49. The van der Waals surface area contributed by atoms with Gasteiger partial charge in [-0.25, -0.2) is 4.98 Å². The first-order valence-electron chi connectivity index (χ1n) is 6.73. The molecule has 1 atom stereocenters. The Labute approximate surface area is 118 Å². The van der Waals surface area contributed by atoms with Crippen LogP contribution in [0.3, 0.4) is 0 Å². The Hall–Kier alpha value is -1.48. The number of benzene rings is 1. The molecule has 0 saturated carbocycles. The van der Waals surface area contributed by atoms with Crippen LogP contribution in [0.5, 0.6) is 0 Å². The van der Waals surface area contributed by atoms with Crippen LogP contribution < -0.4 is 0 Å². The Morgan fingerprint density at radius 1 is 1.32 bits per heavy atom. The second-order valence-corrected chi connectivity index (χ2v) is 5.77. The Morgan fingerprint density at radius 2 is 2.05 bits per heavy atom. The second kappa shape index (κ2) is 6.62. The number of hydrogen-bond donors (Lipinski definition) is 0. The Morgan fingerprint density at radius 3 is 2.74 bits per heavy atom. The van der Waals surface area contributed by atoms with Crippen molar-refractivity contribution in [3.8, 4) is 11.3 Å². The summed E-state index contributed by atoms with van der Waals surface area (Å²) in [5.74, 6) is 0.449. The fraction of sp³-hybridized carbons (Fsp3) is 0.375. The minimum atomic E-state index is 0.147. The molecule has 2 rings (SSSR count). The molecule has 19 heavy (non-hydrogen) atoms. The van der Waals surface area contributed by atoms with Crippen molar-refractivity contribution in [3.05, 3.63) is 40.7 Å². The number of rotatable bonds is 6. The molecule has 3 heteroatoms. The maximum Gasteiger partial charge on any atom is 0.142 e. The highest BCUT2D eigenvalue weighted by Crippen LogP contribution is 2.22. The van der Waals surface area contributed by atoms with Gasteiger partial charge in [0.25, 0.3) is 0 Å². The smallest absolute Gasteiger partial charge is 0.142 e. The van der Waals surface area contributed by atoms with Gasteiger partial charge in [0.1, 0.15) is 10.8 Å². The number of hydrogen-bond acceptors (Lipinski definition) is 3. The molecule has 0 radical (unpaired) electrons. The predicted octanol–water partition coefficient (Wildman–Crippen LogP) is 4.36. The fourth-order valence-corrected chi connectivity index (χ4v) is 2.86. The van der Waals surface area contributed by atoms with Crippen LogP contribution in [0.1, 0.15) is 31.7 Å². The summed E-state index contributed by atoms with van der Waals surface area (Å²) >= 11 is 1.58. The van der Waals surface area contributed by atoms with Crippen molar-refractivity contribution in [3.63, 3.8) is 0 Å². The lowest BCUT2D eigenvalue weighted by Crippen LogP contribution is -2.13. The number of aromatic nitrogens is 1. The average molecular weight is 273 g/mol. The summed E-state index contributed by atoms with van der Waals surface area (Å²) in [7, 11) is 0. The van der Waals surface area contributed by atoms with E-state index in [1.165, 1.54) is 0 Å². The normalized spacial score (nSPS) is 12.3. The van der Waals surface area contributed by atoms with E-state index >= 15 is 0 Å². The number of nitrogens with zero attached hydrogens (tertiary/aromatic N) is 1. The average Bonchev–Trinajstić information content (AvgIpc) is 2.88. The van der Waals surface area contributed by atoms with Crippen molar-refractivity contribution < 1.29 is 4.79 Å². The SMILES string of the molecule is CCCC(C)C(=O)Cc1nc(-c2ccccc2)cs1. The molecule has 2 nitrogen and oxygen atoms in total. The van der Waals surface area contributed by atoms with Crippen LogP contribution >= 0.6 is 11.3 Å². The van der Waals surface area contributed by atoms with E-state index < -0.39 is 0 Å². The predicted molar refractivity (Wildman–Crippen MR) is 80.3 cm³/mol. The van der Waals surface area contributed by atoms with Crippen LogP contribution in [0.25, 0.3) is 11.3 Å². The van der Waals surface area contributed by atoms with Crippen molar-refractivity contribution in [2.24, 2.45) is 5.92 Å². The summed E-state index contributed by atoms with van der Waals surface area (Å²) in [6.45, 7) is 4.12. The van der Waals surface area contributed by atoms with E-state index in [1.807, 2.05) is 42.6 Å². The summed E-state index contributed by atoms with van der Waals surface area (Å²) < 4.78 is 0. The standard InChI is InChI=1S/C16H19NOS/c1-3-7-12(2)15(18)10-16-17-14(11-19-16)13-8-5-4-6-9-13/h4-6,8-9,11-12H,3,7,10H2,1-2H3. The van der Waals surface area contributed by atoms with Gasteiger partial charge in [0.15, 0.2) is 0 Å². The van der Waals surface area contributed by atoms with E-state index in [2.05, 4.69) is 11.9 Å². The van der Waals surface area contributed by atoms with Crippen molar-refractivity contribution in [2.45, 2.75) is 33.1 Å². The molecular formula is C16H19NOS. The monoisotopic (exact) mass is 273 g/mol. The van der Waals surface area contributed by atoms with Crippen molar-refractivity contribution in [1.82, 2.24) is 4.98 Å². The summed E-state index contributed by atoms with van der Waals surface area (Å²) in [6, 6.07) is 10.1.